The van der Waals surface area contributed by atoms with E-state index in [1.807, 2.05) is 60.7 Å². The van der Waals surface area contributed by atoms with E-state index in [-0.39, 0.29) is 12.5 Å². The van der Waals surface area contributed by atoms with Crippen molar-refractivity contribution in [2.45, 2.75) is 24.9 Å². The van der Waals surface area contributed by atoms with E-state index in [2.05, 4.69) is 4.90 Å². The Hall–Kier alpha value is -1.72. The SMILES string of the molecule is OCCC(CCCN1CCOCC1)C(O)(c1ccccc1)c1ccccc1. The van der Waals surface area contributed by atoms with Crippen LogP contribution in [0.1, 0.15) is 30.4 Å². The van der Waals surface area contributed by atoms with E-state index in [1.54, 1.807) is 0 Å². The van der Waals surface area contributed by atoms with Crippen molar-refractivity contribution in [1.82, 2.24) is 4.90 Å². The zero-order valence-corrected chi connectivity index (χ0v) is 16.0. The van der Waals surface area contributed by atoms with Gasteiger partial charge >= 0.3 is 0 Å². The summed E-state index contributed by atoms with van der Waals surface area (Å²) in [6.45, 7) is 4.64. The summed E-state index contributed by atoms with van der Waals surface area (Å²) < 4.78 is 5.42. The van der Waals surface area contributed by atoms with Crippen molar-refractivity contribution < 1.29 is 14.9 Å². The summed E-state index contributed by atoms with van der Waals surface area (Å²) in [7, 11) is 0. The minimum Gasteiger partial charge on any atom is -0.396 e. The van der Waals surface area contributed by atoms with Gasteiger partial charge in [-0.25, -0.2) is 0 Å². The Labute approximate surface area is 162 Å². The van der Waals surface area contributed by atoms with Gasteiger partial charge in [0.25, 0.3) is 0 Å². The average Bonchev–Trinajstić information content (AvgIpc) is 2.74. The van der Waals surface area contributed by atoms with E-state index in [0.717, 1.165) is 56.8 Å². The molecule has 0 saturated carbocycles. The van der Waals surface area contributed by atoms with E-state index < -0.39 is 5.60 Å². The molecule has 4 nitrogen and oxygen atoms in total. The number of rotatable bonds is 9. The van der Waals surface area contributed by atoms with E-state index >= 15 is 0 Å². The van der Waals surface area contributed by atoms with Crippen molar-refractivity contribution in [1.29, 1.82) is 0 Å². The Morgan fingerprint density at radius 2 is 1.44 bits per heavy atom. The highest BCUT2D eigenvalue weighted by Gasteiger charge is 2.39. The predicted molar refractivity (Wildman–Crippen MR) is 108 cm³/mol. The summed E-state index contributed by atoms with van der Waals surface area (Å²) in [6, 6.07) is 19.7. The summed E-state index contributed by atoms with van der Waals surface area (Å²) in [5.41, 5.74) is 0.679. The Balaban J connectivity index is 1.80. The summed E-state index contributed by atoms with van der Waals surface area (Å²) in [5.74, 6) is -0.0478. The molecular formula is C23H31NO3. The molecule has 2 aromatic rings. The highest BCUT2D eigenvalue weighted by Crippen LogP contribution is 2.40. The second-order valence-electron chi connectivity index (χ2n) is 7.30. The van der Waals surface area contributed by atoms with Gasteiger partial charge in [-0.2, -0.15) is 0 Å². The van der Waals surface area contributed by atoms with Crippen LogP contribution in [-0.4, -0.2) is 54.6 Å². The normalized spacial score (nSPS) is 17.0. The topological polar surface area (TPSA) is 52.9 Å². The van der Waals surface area contributed by atoms with Crippen LogP contribution in [0.15, 0.2) is 60.7 Å². The number of morpholine rings is 1. The number of hydrogen-bond acceptors (Lipinski definition) is 4. The number of ether oxygens (including phenoxy) is 1. The molecule has 0 amide bonds. The Morgan fingerprint density at radius 3 is 1.96 bits per heavy atom. The molecule has 1 aliphatic rings. The van der Waals surface area contributed by atoms with Crippen molar-refractivity contribution in [3.05, 3.63) is 71.8 Å². The second-order valence-corrected chi connectivity index (χ2v) is 7.30. The van der Waals surface area contributed by atoms with Gasteiger partial charge in [-0.1, -0.05) is 60.7 Å². The van der Waals surface area contributed by atoms with Gasteiger partial charge in [0.1, 0.15) is 5.60 Å². The molecule has 1 atom stereocenters. The second kappa shape index (κ2) is 10.00. The minimum absolute atomic E-state index is 0.0478. The lowest BCUT2D eigenvalue weighted by Crippen LogP contribution is -2.39. The van der Waals surface area contributed by atoms with E-state index in [1.165, 1.54) is 0 Å². The third-order valence-electron chi connectivity index (χ3n) is 5.63. The fourth-order valence-electron chi connectivity index (χ4n) is 4.13. The van der Waals surface area contributed by atoms with Crippen LogP contribution in [0.3, 0.4) is 0 Å². The lowest BCUT2D eigenvalue weighted by atomic mass is 9.73. The van der Waals surface area contributed by atoms with Crippen LogP contribution in [-0.2, 0) is 10.3 Å². The lowest BCUT2D eigenvalue weighted by molar-refractivity contribution is -0.00360. The first kappa shape index (κ1) is 20.0. The van der Waals surface area contributed by atoms with Crippen LogP contribution in [0.25, 0.3) is 0 Å². The standard InChI is InChI=1S/C23H31NO3/c25-17-13-22(12-7-14-24-15-18-27-19-16-24)23(26,20-8-3-1-4-9-20)21-10-5-2-6-11-21/h1-6,8-11,22,25-26H,7,12-19H2. The molecule has 0 aromatic heterocycles. The van der Waals surface area contributed by atoms with Gasteiger partial charge in [0.2, 0.25) is 0 Å². The fraction of sp³-hybridized carbons (Fsp3) is 0.478. The number of benzene rings is 2. The van der Waals surface area contributed by atoms with Crippen LogP contribution in [0.2, 0.25) is 0 Å². The summed E-state index contributed by atoms with van der Waals surface area (Å²) >= 11 is 0. The summed E-state index contributed by atoms with van der Waals surface area (Å²) in [6.07, 6.45) is 2.42. The zero-order valence-electron chi connectivity index (χ0n) is 16.0. The monoisotopic (exact) mass is 369 g/mol. The first-order chi connectivity index (χ1) is 13.2. The number of hydrogen-bond donors (Lipinski definition) is 2. The molecule has 1 saturated heterocycles. The van der Waals surface area contributed by atoms with Gasteiger partial charge in [-0.3, -0.25) is 4.90 Å². The third kappa shape index (κ3) is 4.96. The Morgan fingerprint density at radius 1 is 0.889 bits per heavy atom. The van der Waals surface area contributed by atoms with Crippen molar-refractivity contribution in [3.8, 4) is 0 Å². The first-order valence-electron chi connectivity index (χ1n) is 9.99. The van der Waals surface area contributed by atoms with Gasteiger partial charge in [-0.05, 0) is 42.9 Å². The molecular weight excluding hydrogens is 338 g/mol. The highest BCUT2D eigenvalue weighted by atomic mass is 16.5. The van der Waals surface area contributed by atoms with E-state index in [0.29, 0.717) is 6.42 Å². The molecule has 2 N–H and O–H groups in total. The van der Waals surface area contributed by atoms with Gasteiger partial charge in [0.05, 0.1) is 13.2 Å². The maximum atomic E-state index is 11.9. The summed E-state index contributed by atoms with van der Waals surface area (Å²) in [5, 5.41) is 21.6. The molecule has 4 heteroatoms. The van der Waals surface area contributed by atoms with E-state index in [4.69, 9.17) is 4.74 Å². The highest BCUT2D eigenvalue weighted by molar-refractivity contribution is 5.37. The maximum Gasteiger partial charge on any atom is 0.117 e. The minimum atomic E-state index is -1.10. The molecule has 27 heavy (non-hydrogen) atoms. The van der Waals surface area contributed by atoms with Crippen LogP contribution >= 0.6 is 0 Å². The Kier molecular flexibility index (Phi) is 7.41. The van der Waals surface area contributed by atoms with Crippen LogP contribution < -0.4 is 0 Å². The third-order valence-corrected chi connectivity index (χ3v) is 5.63. The molecule has 1 unspecified atom stereocenters. The van der Waals surface area contributed by atoms with Gasteiger partial charge in [-0.15, -0.1) is 0 Å². The van der Waals surface area contributed by atoms with E-state index in [9.17, 15) is 10.2 Å². The van der Waals surface area contributed by atoms with Crippen molar-refractivity contribution in [3.63, 3.8) is 0 Å². The molecule has 2 aromatic carbocycles. The molecule has 146 valence electrons. The van der Waals surface area contributed by atoms with Crippen LogP contribution in [0, 0.1) is 5.92 Å². The fourth-order valence-corrected chi connectivity index (χ4v) is 4.13. The number of aliphatic hydroxyl groups excluding tert-OH is 1. The molecule has 1 fully saturated rings. The molecule has 0 radical (unpaired) electrons. The number of nitrogens with zero attached hydrogens (tertiary/aromatic N) is 1. The molecule has 3 rings (SSSR count). The molecule has 0 bridgehead atoms. The van der Waals surface area contributed by atoms with Gasteiger partial charge in [0, 0.05) is 19.7 Å². The summed E-state index contributed by atoms with van der Waals surface area (Å²) in [4.78, 5) is 2.42. The van der Waals surface area contributed by atoms with Crippen molar-refractivity contribution >= 4 is 0 Å². The van der Waals surface area contributed by atoms with Crippen molar-refractivity contribution in [2.24, 2.45) is 5.92 Å². The average molecular weight is 370 g/mol. The smallest absolute Gasteiger partial charge is 0.117 e. The van der Waals surface area contributed by atoms with Gasteiger partial charge in [0.15, 0.2) is 0 Å². The van der Waals surface area contributed by atoms with Gasteiger partial charge < -0.3 is 14.9 Å². The lowest BCUT2D eigenvalue weighted by Gasteiger charge is -2.38. The Bertz CT molecular complexity index is 616. The molecule has 0 spiro atoms. The quantitative estimate of drug-likeness (QED) is 0.713. The van der Waals surface area contributed by atoms with Crippen LogP contribution in [0.5, 0.6) is 0 Å². The predicted octanol–water partition coefficient (Wildman–Crippen LogP) is 3.03. The zero-order chi connectivity index (χ0) is 19.0. The molecule has 0 aliphatic carbocycles. The largest absolute Gasteiger partial charge is 0.396 e. The first-order valence-corrected chi connectivity index (χ1v) is 9.99. The maximum absolute atomic E-state index is 11.9. The van der Waals surface area contributed by atoms with Crippen molar-refractivity contribution in [2.75, 3.05) is 39.5 Å². The van der Waals surface area contributed by atoms with Crippen LogP contribution in [0.4, 0.5) is 0 Å². The number of aliphatic hydroxyl groups is 2. The molecule has 1 heterocycles. The molecule has 1 aliphatic heterocycles.